The van der Waals surface area contributed by atoms with Crippen molar-refractivity contribution in [2.75, 3.05) is 6.54 Å². The highest BCUT2D eigenvalue weighted by atomic mass is 16.6. The smallest absolute Gasteiger partial charge is 0.269 e. The fourth-order valence-electron chi connectivity index (χ4n) is 2.52. The molecule has 2 aromatic carbocycles. The normalized spacial score (nSPS) is 11.2. The molecule has 5 nitrogen and oxygen atoms in total. The van der Waals surface area contributed by atoms with Gasteiger partial charge in [-0.2, -0.15) is 0 Å². The summed E-state index contributed by atoms with van der Waals surface area (Å²) in [5.74, 6) is -0.220. The molecule has 2 rings (SSSR count). The molecule has 1 amide bonds. The summed E-state index contributed by atoms with van der Waals surface area (Å²) in [6, 6.07) is 12.5. The summed E-state index contributed by atoms with van der Waals surface area (Å²) in [7, 11) is 0. The van der Waals surface area contributed by atoms with Gasteiger partial charge in [0, 0.05) is 29.7 Å². The molecule has 0 aliphatic rings. The molecular weight excluding hydrogens is 304 g/mol. The summed E-state index contributed by atoms with van der Waals surface area (Å²) in [5, 5.41) is 13.7. The largest absolute Gasteiger partial charge is 0.351 e. The second-order valence-electron chi connectivity index (χ2n) is 6.69. The van der Waals surface area contributed by atoms with E-state index >= 15 is 0 Å². The number of carbonyl (C=O) groups is 1. The highest BCUT2D eigenvalue weighted by Gasteiger charge is 2.22. The molecule has 0 heterocycles. The van der Waals surface area contributed by atoms with Crippen LogP contribution in [0.1, 0.15) is 40.9 Å². The van der Waals surface area contributed by atoms with Gasteiger partial charge < -0.3 is 5.32 Å². The number of amides is 1. The van der Waals surface area contributed by atoms with Gasteiger partial charge in [-0.1, -0.05) is 43.7 Å². The van der Waals surface area contributed by atoms with Crippen molar-refractivity contribution < 1.29 is 9.72 Å². The number of carbonyl (C=O) groups excluding carboxylic acids is 1. The van der Waals surface area contributed by atoms with Crippen LogP contribution in [0.4, 0.5) is 5.69 Å². The molecule has 126 valence electrons. The van der Waals surface area contributed by atoms with Crippen molar-refractivity contribution in [2.45, 2.75) is 33.1 Å². The molecule has 0 spiro atoms. The van der Waals surface area contributed by atoms with Crippen LogP contribution in [0, 0.1) is 24.0 Å². The first-order valence-electron chi connectivity index (χ1n) is 7.81. The molecule has 1 N–H and O–H groups in total. The maximum Gasteiger partial charge on any atom is 0.269 e. The Morgan fingerprint density at radius 2 is 1.75 bits per heavy atom. The molecule has 2 aromatic rings. The van der Waals surface area contributed by atoms with Crippen LogP contribution in [-0.2, 0) is 5.41 Å². The van der Waals surface area contributed by atoms with Crippen molar-refractivity contribution in [1.82, 2.24) is 5.32 Å². The van der Waals surface area contributed by atoms with Crippen LogP contribution < -0.4 is 5.32 Å². The Kier molecular flexibility index (Phi) is 5.02. The SMILES string of the molecule is Cc1ccc(C(C)(C)CNC(=O)c2ccc([N+](=O)[O-])cc2C)cc1. The van der Waals surface area contributed by atoms with E-state index in [0.29, 0.717) is 17.7 Å². The van der Waals surface area contributed by atoms with Crippen molar-refractivity contribution in [3.05, 3.63) is 74.8 Å². The van der Waals surface area contributed by atoms with E-state index in [2.05, 4.69) is 43.4 Å². The zero-order valence-corrected chi connectivity index (χ0v) is 14.4. The lowest BCUT2D eigenvalue weighted by Gasteiger charge is -2.26. The van der Waals surface area contributed by atoms with Crippen LogP contribution in [0.5, 0.6) is 0 Å². The molecular formula is C19H22N2O3. The molecule has 0 bridgehead atoms. The number of benzene rings is 2. The third-order valence-electron chi connectivity index (χ3n) is 4.19. The molecule has 5 heteroatoms. The number of hydrogen-bond donors (Lipinski definition) is 1. The second kappa shape index (κ2) is 6.83. The van der Waals surface area contributed by atoms with E-state index in [-0.39, 0.29) is 17.0 Å². The summed E-state index contributed by atoms with van der Waals surface area (Å²) in [6.07, 6.45) is 0. The molecule has 0 atom stereocenters. The van der Waals surface area contributed by atoms with Crippen LogP contribution in [-0.4, -0.2) is 17.4 Å². The molecule has 0 aliphatic heterocycles. The van der Waals surface area contributed by atoms with Crippen LogP contribution in [0.15, 0.2) is 42.5 Å². The third kappa shape index (κ3) is 3.98. The van der Waals surface area contributed by atoms with Gasteiger partial charge in [-0.25, -0.2) is 0 Å². The number of non-ortho nitro benzene ring substituents is 1. The molecule has 0 radical (unpaired) electrons. The monoisotopic (exact) mass is 326 g/mol. The molecule has 0 aromatic heterocycles. The zero-order valence-electron chi connectivity index (χ0n) is 14.4. The lowest BCUT2D eigenvalue weighted by Crippen LogP contribution is -2.36. The van der Waals surface area contributed by atoms with Crippen LogP contribution in [0.3, 0.4) is 0 Å². The van der Waals surface area contributed by atoms with Gasteiger partial charge in [0.05, 0.1) is 4.92 Å². The Balaban J connectivity index is 2.09. The fraction of sp³-hybridized carbons (Fsp3) is 0.316. The van der Waals surface area contributed by atoms with Crippen LogP contribution in [0.2, 0.25) is 0 Å². The van der Waals surface area contributed by atoms with Crippen molar-refractivity contribution in [3.63, 3.8) is 0 Å². The minimum absolute atomic E-state index is 0.0102. The van der Waals surface area contributed by atoms with Gasteiger partial charge in [-0.3, -0.25) is 14.9 Å². The zero-order chi connectivity index (χ0) is 17.9. The van der Waals surface area contributed by atoms with Gasteiger partial charge in [0.2, 0.25) is 0 Å². The second-order valence-corrected chi connectivity index (χ2v) is 6.69. The third-order valence-corrected chi connectivity index (χ3v) is 4.19. The quantitative estimate of drug-likeness (QED) is 0.668. The first kappa shape index (κ1) is 17.7. The summed E-state index contributed by atoms with van der Waals surface area (Å²) < 4.78 is 0. The minimum Gasteiger partial charge on any atom is -0.351 e. The highest BCUT2D eigenvalue weighted by Crippen LogP contribution is 2.23. The first-order chi connectivity index (χ1) is 11.2. The average Bonchev–Trinajstić information content (AvgIpc) is 2.53. The van der Waals surface area contributed by atoms with E-state index in [0.717, 1.165) is 5.56 Å². The lowest BCUT2D eigenvalue weighted by atomic mass is 9.84. The van der Waals surface area contributed by atoms with Gasteiger partial charge in [0.1, 0.15) is 0 Å². The van der Waals surface area contributed by atoms with E-state index < -0.39 is 4.92 Å². The maximum absolute atomic E-state index is 12.4. The Labute approximate surface area is 141 Å². The fourth-order valence-corrected chi connectivity index (χ4v) is 2.52. The minimum atomic E-state index is -0.463. The van der Waals surface area contributed by atoms with E-state index in [1.54, 1.807) is 6.92 Å². The standard InChI is InChI=1S/C19H22N2O3/c1-13-5-7-15(8-6-13)19(3,4)12-20-18(22)17-10-9-16(21(23)24)11-14(17)2/h5-11H,12H2,1-4H3,(H,20,22). The van der Waals surface area contributed by atoms with Crippen molar-refractivity contribution >= 4 is 11.6 Å². The summed E-state index contributed by atoms with van der Waals surface area (Å²) >= 11 is 0. The Bertz CT molecular complexity index is 765. The molecule has 0 saturated heterocycles. The van der Waals surface area contributed by atoms with Gasteiger partial charge in [-0.15, -0.1) is 0 Å². The topological polar surface area (TPSA) is 72.2 Å². The predicted molar refractivity (Wildman–Crippen MR) is 94.4 cm³/mol. The van der Waals surface area contributed by atoms with Crippen molar-refractivity contribution in [3.8, 4) is 0 Å². The number of nitrogens with zero attached hydrogens (tertiary/aromatic N) is 1. The number of nitrogens with one attached hydrogen (secondary N) is 1. The van der Waals surface area contributed by atoms with Crippen LogP contribution in [0.25, 0.3) is 0 Å². The van der Waals surface area contributed by atoms with Gasteiger partial charge >= 0.3 is 0 Å². The van der Waals surface area contributed by atoms with Gasteiger partial charge in [0.15, 0.2) is 0 Å². The molecule has 24 heavy (non-hydrogen) atoms. The highest BCUT2D eigenvalue weighted by molar-refractivity contribution is 5.95. The summed E-state index contributed by atoms with van der Waals surface area (Å²) in [6.45, 7) is 8.36. The van der Waals surface area contributed by atoms with Crippen molar-refractivity contribution in [1.29, 1.82) is 0 Å². The molecule has 0 fully saturated rings. The van der Waals surface area contributed by atoms with E-state index in [1.807, 2.05) is 6.92 Å². The van der Waals surface area contributed by atoms with E-state index in [4.69, 9.17) is 0 Å². The van der Waals surface area contributed by atoms with Crippen molar-refractivity contribution in [2.24, 2.45) is 0 Å². The van der Waals surface area contributed by atoms with E-state index in [1.165, 1.54) is 23.8 Å². The molecule has 0 aliphatic carbocycles. The summed E-state index contributed by atoms with van der Waals surface area (Å²) in [4.78, 5) is 22.7. The Hall–Kier alpha value is -2.69. The Morgan fingerprint density at radius 3 is 2.29 bits per heavy atom. The van der Waals surface area contributed by atoms with E-state index in [9.17, 15) is 14.9 Å². The van der Waals surface area contributed by atoms with Gasteiger partial charge in [-0.05, 0) is 31.0 Å². The lowest BCUT2D eigenvalue weighted by molar-refractivity contribution is -0.384. The number of nitro groups is 1. The van der Waals surface area contributed by atoms with Crippen LogP contribution >= 0.6 is 0 Å². The predicted octanol–water partition coefficient (Wildman–Crippen LogP) is 3.92. The summed E-state index contributed by atoms with van der Waals surface area (Å²) in [5.41, 5.74) is 3.17. The first-order valence-corrected chi connectivity index (χ1v) is 7.81. The van der Waals surface area contributed by atoms with Gasteiger partial charge in [0.25, 0.3) is 11.6 Å². The average molecular weight is 326 g/mol. The maximum atomic E-state index is 12.4. The number of rotatable bonds is 5. The number of aryl methyl sites for hydroxylation is 2. The Morgan fingerprint density at radius 1 is 1.12 bits per heavy atom. The molecule has 0 saturated carbocycles. The number of nitro benzene ring substituents is 1. The number of hydrogen-bond acceptors (Lipinski definition) is 3. The molecule has 0 unspecified atom stereocenters.